The highest BCUT2D eigenvalue weighted by Gasteiger charge is 2.21. The Morgan fingerprint density at radius 3 is 2.14 bits per heavy atom. The molecule has 1 aromatic carbocycles. The molecule has 1 heterocycles. The van der Waals surface area contributed by atoms with Crippen LogP contribution in [0.5, 0.6) is 0 Å². The fourth-order valence-corrected chi connectivity index (χ4v) is 1.90. The van der Waals surface area contributed by atoms with Crippen LogP contribution in [-0.2, 0) is 11.8 Å². The van der Waals surface area contributed by atoms with Crippen molar-refractivity contribution in [1.29, 1.82) is 0 Å². The number of rotatable bonds is 4. The van der Waals surface area contributed by atoms with Gasteiger partial charge >= 0.3 is 5.97 Å². The predicted molar refractivity (Wildman–Crippen MR) is 78.9 cm³/mol. The van der Waals surface area contributed by atoms with Crippen LogP contribution in [0.3, 0.4) is 0 Å². The average Bonchev–Trinajstić information content (AvgIpc) is 2.82. The lowest BCUT2D eigenvalue weighted by Crippen LogP contribution is -2.17. The van der Waals surface area contributed by atoms with E-state index in [4.69, 9.17) is 5.11 Å². The van der Waals surface area contributed by atoms with Crippen molar-refractivity contribution in [1.82, 2.24) is 9.78 Å². The SMILES string of the molecule is CC(=O)Nc1ccc(NC(=O)c2cnn(C)c2C(=O)O)cc1. The molecule has 0 radical (unpaired) electrons. The van der Waals surface area contributed by atoms with Crippen LogP contribution in [0.25, 0.3) is 0 Å². The molecule has 2 aromatic rings. The third-order valence-corrected chi connectivity index (χ3v) is 2.85. The average molecular weight is 302 g/mol. The molecule has 0 unspecified atom stereocenters. The Labute approximate surface area is 125 Å². The number of nitrogens with zero attached hydrogens (tertiary/aromatic N) is 2. The molecule has 2 amide bonds. The molecule has 0 fully saturated rings. The topological polar surface area (TPSA) is 113 Å². The first-order valence-corrected chi connectivity index (χ1v) is 6.33. The van der Waals surface area contributed by atoms with Gasteiger partial charge in [-0.05, 0) is 24.3 Å². The number of anilines is 2. The summed E-state index contributed by atoms with van der Waals surface area (Å²) in [5.41, 5.74) is 0.852. The van der Waals surface area contributed by atoms with E-state index in [1.54, 1.807) is 24.3 Å². The van der Waals surface area contributed by atoms with Crippen molar-refractivity contribution in [3.05, 3.63) is 41.7 Å². The van der Waals surface area contributed by atoms with Gasteiger partial charge in [-0.25, -0.2) is 4.79 Å². The van der Waals surface area contributed by atoms with E-state index in [0.717, 1.165) is 4.68 Å². The normalized spacial score (nSPS) is 10.1. The first-order chi connectivity index (χ1) is 10.4. The number of hydrogen-bond donors (Lipinski definition) is 3. The van der Waals surface area contributed by atoms with E-state index in [0.29, 0.717) is 11.4 Å². The number of nitrogens with one attached hydrogen (secondary N) is 2. The predicted octanol–water partition coefficient (Wildman–Crippen LogP) is 1.33. The Morgan fingerprint density at radius 2 is 1.64 bits per heavy atom. The second-order valence-electron chi connectivity index (χ2n) is 4.55. The van der Waals surface area contributed by atoms with Crippen LogP contribution in [0.1, 0.15) is 27.8 Å². The number of carboxylic acids is 1. The van der Waals surface area contributed by atoms with Crippen LogP contribution in [0.15, 0.2) is 30.5 Å². The number of carbonyl (C=O) groups is 3. The molecule has 8 heteroatoms. The zero-order valence-corrected chi connectivity index (χ0v) is 12.0. The van der Waals surface area contributed by atoms with Crippen molar-refractivity contribution in [2.75, 3.05) is 10.6 Å². The largest absolute Gasteiger partial charge is 0.477 e. The van der Waals surface area contributed by atoms with Gasteiger partial charge in [0, 0.05) is 25.3 Å². The fourth-order valence-electron chi connectivity index (χ4n) is 1.90. The zero-order chi connectivity index (χ0) is 16.3. The Hall–Kier alpha value is -3.16. The van der Waals surface area contributed by atoms with Gasteiger partial charge in [0.1, 0.15) is 0 Å². The smallest absolute Gasteiger partial charge is 0.354 e. The van der Waals surface area contributed by atoms with Crippen LogP contribution >= 0.6 is 0 Å². The Morgan fingerprint density at radius 1 is 1.09 bits per heavy atom. The van der Waals surface area contributed by atoms with Gasteiger partial charge in [-0.2, -0.15) is 5.10 Å². The van der Waals surface area contributed by atoms with E-state index in [-0.39, 0.29) is 17.2 Å². The zero-order valence-electron chi connectivity index (χ0n) is 12.0. The van der Waals surface area contributed by atoms with Gasteiger partial charge in [0.2, 0.25) is 5.91 Å². The highest BCUT2D eigenvalue weighted by atomic mass is 16.4. The van der Waals surface area contributed by atoms with Gasteiger partial charge in [0.25, 0.3) is 5.91 Å². The summed E-state index contributed by atoms with van der Waals surface area (Å²) in [5, 5.41) is 18.0. The molecule has 0 saturated carbocycles. The van der Waals surface area contributed by atoms with Gasteiger partial charge in [0.15, 0.2) is 5.69 Å². The first kappa shape index (κ1) is 15.2. The van der Waals surface area contributed by atoms with Crippen LogP contribution in [0.4, 0.5) is 11.4 Å². The number of hydrogen-bond acceptors (Lipinski definition) is 4. The fraction of sp³-hybridized carbons (Fsp3) is 0.143. The van der Waals surface area contributed by atoms with Crippen molar-refractivity contribution in [2.45, 2.75) is 6.92 Å². The number of aromatic carboxylic acids is 1. The second-order valence-corrected chi connectivity index (χ2v) is 4.55. The lowest BCUT2D eigenvalue weighted by Gasteiger charge is -2.07. The van der Waals surface area contributed by atoms with E-state index in [2.05, 4.69) is 15.7 Å². The summed E-state index contributed by atoms with van der Waals surface area (Å²) in [6, 6.07) is 6.44. The Balaban J connectivity index is 2.15. The van der Waals surface area contributed by atoms with Gasteiger partial charge in [-0.1, -0.05) is 0 Å². The molecule has 8 nitrogen and oxygen atoms in total. The molecule has 0 bridgehead atoms. The van der Waals surface area contributed by atoms with E-state index in [1.165, 1.54) is 20.2 Å². The third-order valence-electron chi connectivity index (χ3n) is 2.85. The number of carboxylic acid groups (broad SMARTS) is 1. The maximum absolute atomic E-state index is 12.1. The number of benzene rings is 1. The number of aromatic nitrogens is 2. The highest BCUT2D eigenvalue weighted by Crippen LogP contribution is 2.16. The standard InChI is InChI=1S/C14H14N4O4/c1-8(19)16-9-3-5-10(6-4-9)17-13(20)11-7-15-18(2)12(11)14(21)22/h3-7H,1-2H3,(H,16,19)(H,17,20)(H,21,22). The number of amides is 2. The summed E-state index contributed by atoms with van der Waals surface area (Å²) in [7, 11) is 1.45. The minimum atomic E-state index is -1.23. The first-order valence-electron chi connectivity index (χ1n) is 6.33. The van der Waals surface area contributed by atoms with E-state index >= 15 is 0 Å². The van der Waals surface area contributed by atoms with Crippen LogP contribution in [0.2, 0.25) is 0 Å². The molecule has 0 aliphatic rings. The molecular formula is C14H14N4O4. The molecule has 0 atom stereocenters. The monoisotopic (exact) mass is 302 g/mol. The maximum atomic E-state index is 12.1. The lowest BCUT2D eigenvalue weighted by molar-refractivity contribution is -0.114. The lowest BCUT2D eigenvalue weighted by atomic mass is 10.2. The molecule has 0 saturated heterocycles. The molecule has 114 valence electrons. The van der Waals surface area contributed by atoms with Gasteiger partial charge in [-0.15, -0.1) is 0 Å². The van der Waals surface area contributed by atoms with Gasteiger partial charge in [-0.3, -0.25) is 14.3 Å². The summed E-state index contributed by atoms with van der Waals surface area (Å²) in [5.74, 6) is -2.00. The maximum Gasteiger partial charge on any atom is 0.354 e. The van der Waals surface area contributed by atoms with E-state index < -0.39 is 11.9 Å². The molecular weight excluding hydrogens is 288 g/mol. The van der Waals surface area contributed by atoms with Crippen molar-refractivity contribution < 1.29 is 19.5 Å². The summed E-state index contributed by atoms with van der Waals surface area (Å²) in [6.45, 7) is 1.39. The second kappa shape index (κ2) is 6.08. The van der Waals surface area contributed by atoms with E-state index in [1.807, 2.05) is 0 Å². The van der Waals surface area contributed by atoms with Crippen LogP contribution in [-0.4, -0.2) is 32.7 Å². The van der Waals surface area contributed by atoms with Crippen LogP contribution < -0.4 is 10.6 Å². The minimum Gasteiger partial charge on any atom is -0.477 e. The highest BCUT2D eigenvalue weighted by molar-refractivity contribution is 6.10. The van der Waals surface area contributed by atoms with Crippen molar-refractivity contribution in [3.63, 3.8) is 0 Å². The number of aryl methyl sites for hydroxylation is 1. The van der Waals surface area contributed by atoms with Gasteiger partial charge in [0.05, 0.1) is 11.8 Å². The molecule has 22 heavy (non-hydrogen) atoms. The van der Waals surface area contributed by atoms with E-state index in [9.17, 15) is 14.4 Å². The molecule has 0 spiro atoms. The molecule has 0 aliphatic heterocycles. The Kier molecular flexibility index (Phi) is 4.21. The summed E-state index contributed by atoms with van der Waals surface area (Å²) >= 11 is 0. The van der Waals surface area contributed by atoms with Crippen molar-refractivity contribution in [3.8, 4) is 0 Å². The summed E-state index contributed by atoms with van der Waals surface area (Å²) in [6.07, 6.45) is 1.20. The molecule has 0 aliphatic carbocycles. The molecule has 2 rings (SSSR count). The Bertz CT molecular complexity index is 734. The van der Waals surface area contributed by atoms with Crippen molar-refractivity contribution >= 4 is 29.2 Å². The summed E-state index contributed by atoms with van der Waals surface area (Å²) < 4.78 is 1.12. The third kappa shape index (κ3) is 3.29. The van der Waals surface area contributed by atoms with Gasteiger partial charge < -0.3 is 15.7 Å². The number of carbonyl (C=O) groups excluding carboxylic acids is 2. The van der Waals surface area contributed by atoms with Crippen LogP contribution in [0, 0.1) is 0 Å². The minimum absolute atomic E-state index is 0.0269. The van der Waals surface area contributed by atoms with Crippen molar-refractivity contribution in [2.24, 2.45) is 7.05 Å². The summed E-state index contributed by atoms with van der Waals surface area (Å²) in [4.78, 5) is 34.2. The quantitative estimate of drug-likeness (QED) is 0.788. The molecule has 3 N–H and O–H groups in total. The molecule has 1 aromatic heterocycles.